The monoisotopic (exact) mass is 565 g/mol. The molecule has 0 atom stereocenters. The molecule has 4 aromatic rings. The molecule has 0 unspecified atom stereocenters. The molecule has 0 radical (unpaired) electrons. The Morgan fingerprint density at radius 3 is 2.76 bits per heavy atom. The van der Waals surface area contributed by atoms with E-state index in [1.807, 2.05) is 16.8 Å². The van der Waals surface area contributed by atoms with Crippen molar-refractivity contribution in [3.05, 3.63) is 87.5 Å². The van der Waals surface area contributed by atoms with E-state index in [-0.39, 0.29) is 35.2 Å². The molecule has 42 heavy (non-hydrogen) atoms. The van der Waals surface area contributed by atoms with Crippen molar-refractivity contribution >= 4 is 35.0 Å². The topological polar surface area (TPSA) is 159 Å². The summed E-state index contributed by atoms with van der Waals surface area (Å²) in [4.78, 5) is 30.2. The van der Waals surface area contributed by atoms with Crippen molar-refractivity contribution in [3.8, 4) is 11.9 Å². The summed E-state index contributed by atoms with van der Waals surface area (Å²) in [5.41, 5.74) is 8.23. The van der Waals surface area contributed by atoms with E-state index in [1.165, 1.54) is 23.0 Å². The molecule has 3 aromatic heterocycles. The van der Waals surface area contributed by atoms with Gasteiger partial charge in [0.05, 0.1) is 17.7 Å². The quantitative estimate of drug-likeness (QED) is 0.218. The second-order valence-corrected chi connectivity index (χ2v) is 10.4. The Labute approximate surface area is 240 Å². The van der Waals surface area contributed by atoms with Crippen LogP contribution in [0, 0.1) is 17.1 Å². The van der Waals surface area contributed by atoms with E-state index >= 15 is 4.39 Å². The second kappa shape index (κ2) is 11.0. The zero-order valence-corrected chi connectivity index (χ0v) is 22.7. The minimum atomic E-state index is -0.598. The van der Waals surface area contributed by atoms with Crippen LogP contribution in [0.4, 0.5) is 10.1 Å². The molecule has 2 aliphatic carbocycles. The van der Waals surface area contributed by atoms with Gasteiger partial charge in [-0.2, -0.15) is 10.3 Å². The molecule has 4 N–H and O–H groups in total. The van der Waals surface area contributed by atoms with Crippen LogP contribution < -0.4 is 16.6 Å². The number of halogens is 1. The first-order valence-corrected chi connectivity index (χ1v) is 13.6. The number of hydrogen-bond donors (Lipinski definition) is 3. The number of anilines is 1. The lowest BCUT2D eigenvalue weighted by Gasteiger charge is -2.14. The Balaban J connectivity index is 1.29. The first-order valence-electron chi connectivity index (χ1n) is 13.6. The van der Waals surface area contributed by atoms with E-state index < -0.39 is 18.0 Å². The predicted molar refractivity (Wildman–Crippen MR) is 159 cm³/mol. The number of pyridine rings is 2. The number of aliphatic imine (C=N–C) groups is 3. The average Bonchev–Trinajstić information content (AvgIpc) is 3.93. The minimum absolute atomic E-state index is 0.0491. The van der Waals surface area contributed by atoms with Crippen molar-refractivity contribution in [1.29, 1.82) is 5.26 Å². The Kier molecular flexibility index (Phi) is 7.10. The number of fused-ring (bicyclic) bond motifs is 1. The molecule has 0 amide bonds. The number of nitriles is 1. The van der Waals surface area contributed by atoms with Gasteiger partial charge in [-0.25, -0.2) is 19.4 Å². The number of rotatable bonds is 8. The molecular weight excluding hydrogens is 537 g/mol. The Hall–Kier alpha value is -5.15. The summed E-state index contributed by atoms with van der Waals surface area (Å²) in [5, 5.41) is 23.2. The molecule has 3 heterocycles. The lowest BCUT2D eigenvalue weighted by Crippen LogP contribution is -2.22. The van der Waals surface area contributed by atoms with Crippen LogP contribution in [0.25, 0.3) is 16.6 Å². The van der Waals surface area contributed by atoms with Gasteiger partial charge in [-0.1, -0.05) is 6.07 Å². The predicted octanol–water partition coefficient (Wildman–Crippen LogP) is 3.73. The zero-order chi connectivity index (χ0) is 29.4. The van der Waals surface area contributed by atoms with Crippen molar-refractivity contribution in [2.24, 2.45) is 20.7 Å². The van der Waals surface area contributed by atoms with Crippen LogP contribution in [0.3, 0.4) is 0 Å². The Bertz CT molecular complexity index is 1870. The molecule has 6 rings (SSSR count). The van der Waals surface area contributed by atoms with Crippen LogP contribution in [0.2, 0.25) is 0 Å². The molecule has 0 spiro atoms. The van der Waals surface area contributed by atoms with Crippen LogP contribution in [0.1, 0.15) is 60.0 Å². The SMILES string of the molecule is C=N/C(=N\C(N)=N/CNc1cc(C#N)n(C2CC2)c1)c1ccnc(-n2ccc3cc(C4CC4)cc(F)c3c2=O)c1CO. The van der Waals surface area contributed by atoms with Gasteiger partial charge in [-0.15, -0.1) is 0 Å². The third-order valence-corrected chi connectivity index (χ3v) is 7.49. The van der Waals surface area contributed by atoms with Gasteiger partial charge in [0.1, 0.15) is 30.1 Å². The smallest absolute Gasteiger partial charge is 0.267 e. The van der Waals surface area contributed by atoms with E-state index in [1.54, 1.807) is 18.2 Å². The number of guanidine groups is 1. The highest BCUT2D eigenvalue weighted by atomic mass is 19.1. The van der Waals surface area contributed by atoms with E-state index in [9.17, 15) is 15.2 Å². The molecule has 11 nitrogen and oxygen atoms in total. The number of amidine groups is 1. The summed E-state index contributed by atoms with van der Waals surface area (Å²) in [6, 6.07) is 10.8. The van der Waals surface area contributed by atoms with Gasteiger partial charge in [-0.3, -0.25) is 9.36 Å². The maximum Gasteiger partial charge on any atom is 0.267 e. The van der Waals surface area contributed by atoms with Gasteiger partial charge >= 0.3 is 0 Å². The van der Waals surface area contributed by atoms with Crippen LogP contribution in [0.15, 0.2) is 68.7 Å². The van der Waals surface area contributed by atoms with Gasteiger partial charge in [0.15, 0.2) is 5.84 Å². The van der Waals surface area contributed by atoms with Gasteiger partial charge in [-0.05, 0) is 73.5 Å². The van der Waals surface area contributed by atoms with E-state index in [0.29, 0.717) is 28.6 Å². The largest absolute Gasteiger partial charge is 0.392 e. The van der Waals surface area contributed by atoms with Crippen molar-refractivity contribution in [2.75, 3.05) is 12.0 Å². The number of aliphatic hydroxyl groups is 1. The fraction of sp³-hybridized carbons (Fsp3) is 0.267. The first kappa shape index (κ1) is 27.0. The molecule has 0 aliphatic heterocycles. The number of nitrogens with two attached hydrogens (primary N) is 1. The van der Waals surface area contributed by atoms with Gasteiger partial charge in [0.25, 0.3) is 5.56 Å². The summed E-state index contributed by atoms with van der Waals surface area (Å²) >= 11 is 0. The van der Waals surface area contributed by atoms with E-state index in [0.717, 1.165) is 36.9 Å². The van der Waals surface area contributed by atoms with Crippen LogP contribution in [-0.4, -0.2) is 44.4 Å². The van der Waals surface area contributed by atoms with Gasteiger partial charge < -0.3 is 20.7 Å². The van der Waals surface area contributed by atoms with Crippen molar-refractivity contribution in [3.63, 3.8) is 0 Å². The van der Waals surface area contributed by atoms with Crippen molar-refractivity contribution in [2.45, 2.75) is 44.2 Å². The molecular formula is C30H28FN9O2. The highest BCUT2D eigenvalue weighted by molar-refractivity contribution is 6.08. The molecule has 0 bridgehead atoms. The number of nitrogens with zero attached hydrogens (tertiary/aromatic N) is 7. The molecule has 2 fully saturated rings. The molecule has 2 aliphatic rings. The van der Waals surface area contributed by atoms with Crippen LogP contribution >= 0.6 is 0 Å². The number of nitrogens with one attached hydrogen (secondary N) is 1. The number of aromatic nitrogens is 3. The molecule has 0 saturated heterocycles. The van der Waals surface area contributed by atoms with Crippen LogP contribution in [-0.2, 0) is 6.61 Å². The maximum atomic E-state index is 15.1. The molecule has 2 saturated carbocycles. The third-order valence-electron chi connectivity index (χ3n) is 7.49. The van der Waals surface area contributed by atoms with Crippen molar-refractivity contribution in [1.82, 2.24) is 14.1 Å². The fourth-order valence-electron chi connectivity index (χ4n) is 5.08. The highest BCUT2D eigenvalue weighted by Gasteiger charge is 2.26. The number of benzene rings is 1. The Morgan fingerprint density at radius 1 is 1.26 bits per heavy atom. The summed E-state index contributed by atoms with van der Waals surface area (Å²) in [7, 11) is 0. The molecule has 1 aromatic carbocycles. The first-order chi connectivity index (χ1) is 20.4. The highest BCUT2D eigenvalue weighted by Crippen LogP contribution is 2.41. The van der Waals surface area contributed by atoms with Gasteiger partial charge in [0, 0.05) is 35.8 Å². The number of hydrogen-bond acceptors (Lipinski definition) is 6. The standard InChI is InChI=1S/C30H28FN9O2/c1-34-27(38-30(33)37-16-36-20-12-22(13-32)40(14-20)21-4-5-21)23-6-8-35-28(24(23)15-41)39-9-7-18-10-19(17-2-3-17)11-25(31)26(18)29(39)42/h6-12,14,17,21,36,41H,1-5,15-16H2,(H2,33,37)/b38-27-. The average molecular weight is 566 g/mol. The van der Waals surface area contributed by atoms with Gasteiger partial charge in [0.2, 0.25) is 5.96 Å². The summed E-state index contributed by atoms with van der Waals surface area (Å²) in [5.74, 6) is -0.187. The van der Waals surface area contributed by atoms with E-state index in [4.69, 9.17) is 5.73 Å². The number of aliphatic hydroxyl groups excluding tert-OH is 1. The molecule has 12 heteroatoms. The summed E-state index contributed by atoms with van der Waals surface area (Å²) in [6.07, 6.45) is 8.97. The Morgan fingerprint density at radius 2 is 2.07 bits per heavy atom. The second-order valence-electron chi connectivity index (χ2n) is 10.4. The molecule has 212 valence electrons. The van der Waals surface area contributed by atoms with Crippen LogP contribution in [0.5, 0.6) is 0 Å². The fourth-order valence-corrected chi connectivity index (χ4v) is 5.08. The van der Waals surface area contributed by atoms with Crippen molar-refractivity contribution < 1.29 is 9.50 Å². The third kappa shape index (κ3) is 5.17. The maximum absolute atomic E-state index is 15.1. The zero-order valence-electron chi connectivity index (χ0n) is 22.7. The summed E-state index contributed by atoms with van der Waals surface area (Å²) < 4.78 is 18.2. The van der Waals surface area contributed by atoms with E-state index in [2.05, 4.69) is 38.1 Å². The summed E-state index contributed by atoms with van der Waals surface area (Å²) in [6.45, 7) is 3.15. The lowest BCUT2D eigenvalue weighted by atomic mass is 10.0. The lowest BCUT2D eigenvalue weighted by molar-refractivity contribution is 0.280. The normalized spacial score (nSPS) is 15.5. The minimum Gasteiger partial charge on any atom is -0.392 e.